The fraction of sp³-hybridized carbons (Fsp3) is 0.188. The molecule has 0 spiro atoms. The molecule has 220 valence electrons. The van der Waals surface area contributed by atoms with Crippen molar-refractivity contribution in [3.05, 3.63) is 108 Å². The van der Waals surface area contributed by atoms with E-state index in [1.165, 1.54) is 82.6 Å². The molecule has 2 saturated heterocycles. The van der Waals surface area contributed by atoms with E-state index in [1.54, 1.807) is 24.3 Å². The van der Waals surface area contributed by atoms with E-state index >= 15 is 0 Å². The highest BCUT2D eigenvalue weighted by Gasteiger charge is 2.48. The summed E-state index contributed by atoms with van der Waals surface area (Å²) in [5.74, 6) is -0.944. The van der Waals surface area contributed by atoms with Gasteiger partial charge in [-0.25, -0.2) is 0 Å². The highest BCUT2D eigenvalue weighted by molar-refractivity contribution is 6.07. The minimum absolute atomic E-state index is 0.00294. The zero-order chi connectivity index (χ0) is 30.1. The molecule has 11 heteroatoms. The molecule has 0 aliphatic carbocycles. The first kappa shape index (κ1) is 28.0. The Balaban J connectivity index is 1.42. The lowest BCUT2D eigenvalue weighted by atomic mass is 10.1. The third-order valence-corrected chi connectivity index (χ3v) is 7.06. The standard InChI is InChI=1S/C32H28N2O9/c35-23-9-1-19(2-10-23)29(39)33(21-5-13-25(37)14-6-21)31(27-17-41-27)43-32(28-18-42-28)34(22-7-15-26(38)16-8-22)30(40)20-3-11-24(36)12-4-20/h1-16,27-28,31-32,35-38H,17-18H2. The normalized spacial score (nSPS) is 18.3. The van der Waals surface area contributed by atoms with Gasteiger partial charge >= 0.3 is 0 Å². The van der Waals surface area contributed by atoms with Gasteiger partial charge in [-0.05, 0) is 97.1 Å². The van der Waals surface area contributed by atoms with Gasteiger partial charge < -0.3 is 34.6 Å². The van der Waals surface area contributed by atoms with Crippen LogP contribution in [0.1, 0.15) is 20.7 Å². The Bertz CT molecular complexity index is 1460. The van der Waals surface area contributed by atoms with Gasteiger partial charge in [-0.15, -0.1) is 0 Å². The van der Waals surface area contributed by atoms with Crippen molar-refractivity contribution in [3.8, 4) is 23.0 Å². The predicted octanol–water partition coefficient (Wildman–Crippen LogP) is 3.97. The van der Waals surface area contributed by atoms with Gasteiger partial charge in [-0.1, -0.05) is 0 Å². The van der Waals surface area contributed by atoms with Crippen molar-refractivity contribution in [2.24, 2.45) is 0 Å². The summed E-state index contributed by atoms with van der Waals surface area (Å²) in [5.41, 5.74) is 1.31. The number of hydrogen-bond acceptors (Lipinski definition) is 9. The van der Waals surface area contributed by atoms with Crippen LogP contribution >= 0.6 is 0 Å². The van der Waals surface area contributed by atoms with Gasteiger partial charge in [0.1, 0.15) is 35.2 Å². The van der Waals surface area contributed by atoms with E-state index in [0.29, 0.717) is 11.4 Å². The summed E-state index contributed by atoms with van der Waals surface area (Å²) < 4.78 is 18.0. The molecule has 0 radical (unpaired) electrons. The first-order valence-electron chi connectivity index (χ1n) is 13.5. The Kier molecular flexibility index (Phi) is 7.59. The predicted molar refractivity (Wildman–Crippen MR) is 154 cm³/mol. The molecular weight excluding hydrogens is 556 g/mol. The second kappa shape index (κ2) is 11.6. The number of amides is 2. The van der Waals surface area contributed by atoms with Gasteiger partial charge in [0, 0.05) is 22.5 Å². The average molecular weight is 585 g/mol. The Morgan fingerprint density at radius 1 is 0.558 bits per heavy atom. The number of aromatic hydroxyl groups is 4. The summed E-state index contributed by atoms with van der Waals surface area (Å²) in [6.07, 6.45) is -3.21. The Morgan fingerprint density at radius 3 is 1.12 bits per heavy atom. The van der Waals surface area contributed by atoms with E-state index in [1.807, 2.05) is 0 Å². The van der Waals surface area contributed by atoms with Crippen molar-refractivity contribution in [1.82, 2.24) is 0 Å². The van der Waals surface area contributed by atoms with Gasteiger partial charge in [-0.2, -0.15) is 0 Å². The summed E-state index contributed by atoms with van der Waals surface area (Å²) >= 11 is 0. The first-order chi connectivity index (χ1) is 20.8. The summed E-state index contributed by atoms with van der Waals surface area (Å²) in [7, 11) is 0. The molecule has 2 aliphatic heterocycles. The largest absolute Gasteiger partial charge is 0.508 e. The van der Waals surface area contributed by atoms with Crippen molar-refractivity contribution in [2.45, 2.75) is 24.7 Å². The first-order valence-corrected chi connectivity index (χ1v) is 13.5. The molecular formula is C32H28N2O9. The number of phenolic OH excluding ortho intramolecular Hbond substituents is 4. The van der Waals surface area contributed by atoms with Gasteiger partial charge in [-0.3, -0.25) is 19.4 Å². The summed E-state index contributed by atoms with van der Waals surface area (Å²) in [6.45, 7) is 0.566. The van der Waals surface area contributed by atoms with Crippen molar-refractivity contribution in [2.75, 3.05) is 23.0 Å². The van der Waals surface area contributed by atoms with E-state index in [4.69, 9.17) is 14.2 Å². The van der Waals surface area contributed by atoms with Crippen molar-refractivity contribution in [3.63, 3.8) is 0 Å². The number of ether oxygens (including phenoxy) is 3. The number of carbonyl (C=O) groups is 2. The molecule has 4 atom stereocenters. The van der Waals surface area contributed by atoms with Crippen LogP contribution in [0.3, 0.4) is 0 Å². The number of rotatable bonds is 10. The number of hydrogen-bond donors (Lipinski definition) is 4. The molecule has 11 nitrogen and oxygen atoms in total. The van der Waals surface area contributed by atoms with Crippen LogP contribution in [0.4, 0.5) is 11.4 Å². The van der Waals surface area contributed by atoms with Crippen molar-refractivity contribution < 1.29 is 44.2 Å². The minimum atomic E-state index is -1.05. The molecule has 2 amide bonds. The van der Waals surface area contributed by atoms with Crippen LogP contribution in [0.5, 0.6) is 23.0 Å². The maximum Gasteiger partial charge on any atom is 0.260 e. The van der Waals surface area contributed by atoms with E-state index in [9.17, 15) is 30.0 Å². The Labute approximate surface area is 246 Å². The SMILES string of the molecule is O=C(c1ccc(O)cc1)N(c1ccc(O)cc1)C(OC(C1CO1)N(C(=O)c1ccc(O)cc1)c1ccc(O)cc1)C1CO1. The maximum absolute atomic E-state index is 14.0. The topological polar surface area (TPSA) is 156 Å². The van der Waals surface area contributed by atoms with E-state index in [-0.39, 0.29) is 47.3 Å². The number of carbonyl (C=O) groups excluding carboxylic acids is 2. The van der Waals surface area contributed by atoms with E-state index < -0.39 is 36.5 Å². The molecule has 2 aliphatic rings. The van der Waals surface area contributed by atoms with E-state index in [0.717, 1.165) is 0 Å². The van der Waals surface area contributed by atoms with Crippen LogP contribution in [-0.4, -0.2) is 70.1 Å². The molecule has 6 rings (SSSR count). The number of epoxide rings is 2. The molecule has 0 saturated carbocycles. The molecule has 0 bridgehead atoms. The van der Waals surface area contributed by atoms with Crippen LogP contribution in [0.15, 0.2) is 97.1 Å². The van der Waals surface area contributed by atoms with Crippen LogP contribution in [0, 0.1) is 0 Å². The molecule has 4 aromatic rings. The minimum Gasteiger partial charge on any atom is -0.508 e. The molecule has 2 fully saturated rings. The monoisotopic (exact) mass is 584 g/mol. The van der Waals surface area contributed by atoms with Gasteiger partial charge in [0.15, 0.2) is 12.5 Å². The second-order valence-corrected chi connectivity index (χ2v) is 10.1. The summed E-state index contributed by atoms with van der Waals surface area (Å²) in [4.78, 5) is 30.8. The van der Waals surface area contributed by atoms with Crippen molar-refractivity contribution in [1.29, 1.82) is 0 Å². The zero-order valence-electron chi connectivity index (χ0n) is 22.7. The quantitative estimate of drug-likeness (QED) is 0.160. The number of phenols is 4. The fourth-order valence-electron chi connectivity index (χ4n) is 4.68. The van der Waals surface area contributed by atoms with Crippen LogP contribution < -0.4 is 9.80 Å². The van der Waals surface area contributed by atoms with Crippen LogP contribution in [0.25, 0.3) is 0 Å². The number of benzene rings is 4. The lowest BCUT2D eigenvalue weighted by Gasteiger charge is -2.37. The third kappa shape index (κ3) is 6.24. The molecule has 4 N–H and O–H groups in total. The average Bonchev–Trinajstić information content (AvgIpc) is 3.93. The van der Waals surface area contributed by atoms with E-state index in [2.05, 4.69) is 0 Å². The lowest BCUT2D eigenvalue weighted by Crippen LogP contribution is -2.54. The number of anilines is 2. The molecule has 0 aromatic heterocycles. The summed E-state index contributed by atoms with van der Waals surface area (Å²) in [5, 5.41) is 39.4. The summed E-state index contributed by atoms with van der Waals surface area (Å²) in [6, 6.07) is 23.5. The third-order valence-electron chi connectivity index (χ3n) is 7.06. The number of nitrogens with zero attached hydrogens (tertiary/aromatic N) is 2. The van der Waals surface area contributed by atoms with Crippen LogP contribution in [0.2, 0.25) is 0 Å². The zero-order valence-corrected chi connectivity index (χ0v) is 22.7. The Morgan fingerprint density at radius 2 is 0.837 bits per heavy atom. The molecule has 43 heavy (non-hydrogen) atoms. The highest BCUT2D eigenvalue weighted by atomic mass is 16.6. The van der Waals surface area contributed by atoms with Crippen LogP contribution in [-0.2, 0) is 14.2 Å². The second-order valence-electron chi connectivity index (χ2n) is 10.1. The molecule has 2 heterocycles. The van der Waals surface area contributed by atoms with Gasteiger partial charge in [0.05, 0.1) is 13.2 Å². The highest BCUT2D eigenvalue weighted by Crippen LogP contribution is 2.35. The lowest BCUT2D eigenvalue weighted by molar-refractivity contribution is -0.0355. The van der Waals surface area contributed by atoms with Crippen molar-refractivity contribution >= 4 is 23.2 Å². The van der Waals surface area contributed by atoms with Gasteiger partial charge in [0.25, 0.3) is 11.8 Å². The smallest absolute Gasteiger partial charge is 0.260 e. The molecule has 4 aromatic carbocycles. The maximum atomic E-state index is 14.0. The van der Waals surface area contributed by atoms with Gasteiger partial charge in [0.2, 0.25) is 0 Å². The molecule has 4 unspecified atom stereocenters. The Hall–Kier alpha value is -5.10. The fourth-order valence-corrected chi connectivity index (χ4v) is 4.68.